The van der Waals surface area contributed by atoms with Crippen molar-refractivity contribution in [2.24, 2.45) is 0 Å². The first-order valence-electron chi connectivity index (χ1n) is 6.45. The highest BCUT2D eigenvalue weighted by Crippen LogP contribution is 2.23. The lowest BCUT2D eigenvalue weighted by Gasteiger charge is -2.16. The molecule has 0 aliphatic rings. The predicted octanol–water partition coefficient (Wildman–Crippen LogP) is 3.20. The average molecular weight is 340 g/mol. The molecule has 0 heterocycles. The van der Waals surface area contributed by atoms with Crippen LogP contribution in [0.25, 0.3) is 0 Å². The van der Waals surface area contributed by atoms with Crippen LogP contribution in [0.3, 0.4) is 0 Å². The summed E-state index contributed by atoms with van der Waals surface area (Å²) in [7, 11) is 0.654. The number of hydrogen-bond acceptors (Lipinski definition) is 3. The van der Waals surface area contributed by atoms with E-state index in [4.69, 9.17) is 10.7 Å². The summed E-state index contributed by atoms with van der Waals surface area (Å²) in [5, 5.41) is 2.58. The maximum atomic E-state index is 13.7. The zero-order chi connectivity index (χ0) is 16.2. The van der Waals surface area contributed by atoms with Crippen LogP contribution in [0.1, 0.15) is 43.5 Å². The number of carbonyl (C=O) groups is 1. The van der Waals surface area contributed by atoms with E-state index in [9.17, 15) is 22.0 Å². The third kappa shape index (κ3) is 4.64. The molecule has 0 aliphatic heterocycles. The second-order valence-electron chi connectivity index (χ2n) is 4.57. The molecule has 0 aliphatic carbocycles. The smallest absolute Gasteiger partial charge is 0.264 e. The van der Waals surface area contributed by atoms with E-state index in [-0.39, 0.29) is 6.04 Å². The van der Waals surface area contributed by atoms with E-state index >= 15 is 0 Å². The zero-order valence-corrected chi connectivity index (χ0v) is 13.2. The van der Waals surface area contributed by atoms with Gasteiger partial charge < -0.3 is 5.32 Å². The van der Waals surface area contributed by atoms with Crippen LogP contribution in [0.15, 0.2) is 17.0 Å². The zero-order valence-electron chi connectivity index (χ0n) is 11.6. The van der Waals surface area contributed by atoms with Crippen molar-refractivity contribution < 1.29 is 22.0 Å². The lowest BCUT2D eigenvalue weighted by atomic mass is 10.1. The van der Waals surface area contributed by atoms with Gasteiger partial charge in [-0.25, -0.2) is 17.2 Å². The Bertz CT molecular complexity index is 635. The molecule has 118 valence electrons. The largest absolute Gasteiger partial charge is 0.349 e. The molecule has 21 heavy (non-hydrogen) atoms. The molecule has 4 nitrogen and oxygen atoms in total. The summed E-state index contributed by atoms with van der Waals surface area (Å²) in [6.07, 6.45) is 2.17. The lowest BCUT2D eigenvalue weighted by molar-refractivity contribution is 0.0929. The van der Waals surface area contributed by atoms with Gasteiger partial charge in [-0.05, 0) is 18.9 Å². The Hall–Kier alpha value is -1.21. The average Bonchev–Trinajstić information content (AvgIpc) is 2.36. The number of amides is 1. The molecule has 0 spiro atoms. The van der Waals surface area contributed by atoms with Gasteiger partial charge in [0.25, 0.3) is 15.0 Å². The Balaban J connectivity index is 3.15. The molecule has 0 bridgehead atoms. The van der Waals surface area contributed by atoms with Crippen molar-refractivity contribution in [2.45, 2.75) is 44.0 Å². The van der Waals surface area contributed by atoms with Crippen LogP contribution in [0.5, 0.6) is 0 Å². The molecule has 1 aromatic rings. The van der Waals surface area contributed by atoms with Gasteiger partial charge in [0.2, 0.25) is 0 Å². The Morgan fingerprint density at radius 2 is 1.90 bits per heavy atom. The minimum absolute atomic E-state index is 0.164. The fourth-order valence-electron chi connectivity index (χ4n) is 1.88. The highest BCUT2D eigenvalue weighted by atomic mass is 35.7. The molecule has 0 fully saturated rings. The number of rotatable bonds is 6. The van der Waals surface area contributed by atoms with Gasteiger partial charge in [-0.3, -0.25) is 4.79 Å². The normalized spacial score (nSPS) is 13.0. The number of benzene rings is 1. The minimum atomic E-state index is -4.40. The fourth-order valence-corrected chi connectivity index (χ4v) is 2.79. The first kappa shape index (κ1) is 17.8. The van der Waals surface area contributed by atoms with Gasteiger partial charge in [0, 0.05) is 22.8 Å². The van der Waals surface area contributed by atoms with Gasteiger partial charge in [-0.1, -0.05) is 20.3 Å². The third-order valence-corrected chi connectivity index (χ3v) is 4.33. The van der Waals surface area contributed by atoms with Crippen molar-refractivity contribution in [2.75, 3.05) is 0 Å². The van der Waals surface area contributed by atoms with Crippen molar-refractivity contribution in [3.8, 4) is 0 Å². The number of hydrogen-bond donors (Lipinski definition) is 1. The Labute approximate surface area is 126 Å². The molecule has 1 N–H and O–H groups in total. The molecular weight excluding hydrogens is 324 g/mol. The monoisotopic (exact) mass is 339 g/mol. The summed E-state index contributed by atoms with van der Waals surface area (Å²) >= 11 is 0. The van der Waals surface area contributed by atoms with Crippen molar-refractivity contribution in [3.05, 3.63) is 29.3 Å². The van der Waals surface area contributed by atoms with E-state index in [0.717, 1.165) is 6.42 Å². The molecule has 1 aromatic carbocycles. The topological polar surface area (TPSA) is 63.2 Å². The Morgan fingerprint density at radius 1 is 1.29 bits per heavy atom. The molecule has 0 saturated carbocycles. The first-order valence-corrected chi connectivity index (χ1v) is 8.76. The van der Waals surface area contributed by atoms with Crippen molar-refractivity contribution in [3.63, 3.8) is 0 Å². The molecular formula is C13H16ClF2NO3S. The van der Waals surface area contributed by atoms with Crippen molar-refractivity contribution in [1.82, 2.24) is 5.32 Å². The van der Waals surface area contributed by atoms with E-state index in [2.05, 4.69) is 5.32 Å². The van der Waals surface area contributed by atoms with Crippen LogP contribution in [0.4, 0.5) is 8.78 Å². The van der Waals surface area contributed by atoms with E-state index < -0.39 is 37.1 Å². The Kier molecular flexibility index (Phi) is 6.10. The first-order chi connectivity index (χ1) is 9.70. The highest BCUT2D eigenvalue weighted by Gasteiger charge is 2.23. The minimum Gasteiger partial charge on any atom is -0.349 e. The molecule has 1 atom stereocenters. The Morgan fingerprint density at radius 3 is 2.38 bits per heavy atom. The summed E-state index contributed by atoms with van der Waals surface area (Å²) < 4.78 is 49.5. The summed E-state index contributed by atoms with van der Waals surface area (Å²) in [5.41, 5.74) is -0.551. The van der Waals surface area contributed by atoms with E-state index in [0.29, 0.717) is 25.0 Å². The van der Waals surface area contributed by atoms with Crippen LogP contribution in [-0.2, 0) is 9.05 Å². The molecule has 1 unspecified atom stereocenters. The third-order valence-electron chi connectivity index (χ3n) is 2.99. The molecule has 0 radical (unpaired) electrons. The van der Waals surface area contributed by atoms with Crippen molar-refractivity contribution >= 4 is 25.6 Å². The predicted molar refractivity (Wildman–Crippen MR) is 75.9 cm³/mol. The van der Waals surface area contributed by atoms with Crippen molar-refractivity contribution in [1.29, 1.82) is 0 Å². The van der Waals surface area contributed by atoms with E-state index in [1.54, 1.807) is 0 Å². The SMILES string of the molecule is CCCC(CC)NC(=O)c1cc(S(=O)(=O)Cl)c(F)cc1F. The lowest BCUT2D eigenvalue weighted by Crippen LogP contribution is -2.34. The standard InChI is InChI=1S/C13H16ClF2NO3S/c1-3-5-8(4-2)17-13(18)9-6-12(21(14,19)20)11(16)7-10(9)15/h6-8H,3-5H2,1-2H3,(H,17,18). The highest BCUT2D eigenvalue weighted by molar-refractivity contribution is 8.13. The van der Waals surface area contributed by atoms with Gasteiger partial charge in [-0.2, -0.15) is 0 Å². The fraction of sp³-hybridized carbons (Fsp3) is 0.462. The van der Waals surface area contributed by atoms with Gasteiger partial charge >= 0.3 is 0 Å². The molecule has 8 heteroatoms. The van der Waals surface area contributed by atoms with Crippen LogP contribution >= 0.6 is 10.7 Å². The molecule has 0 saturated heterocycles. The molecule has 0 aromatic heterocycles. The molecule has 1 rings (SSSR count). The summed E-state index contributed by atoms with van der Waals surface area (Å²) in [6, 6.07) is 0.786. The van der Waals surface area contributed by atoms with E-state index in [1.165, 1.54) is 0 Å². The summed E-state index contributed by atoms with van der Waals surface area (Å²) in [6.45, 7) is 3.79. The maximum absolute atomic E-state index is 13.7. The summed E-state index contributed by atoms with van der Waals surface area (Å²) in [4.78, 5) is 11.1. The van der Waals surface area contributed by atoms with Gasteiger partial charge in [0.15, 0.2) is 0 Å². The van der Waals surface area contributed by atoms with Crippen LogP contribution < -0.4 is 5.32 Å². The summed E-state index contributed by atoms with van der Waals surface area (Å²) in [5.74, 6) is -3.27. The number of carbonyl (C=O) groups excluding carboxylic acids is 1. The van der Waals surface area contributed by atoms with Crippen LogP contribution in [-0.4, -0.2) is 20.4 Å². The number of nitrogens with one attached hydrogen (secondary N) is 1. The van der Waals surface area contributed by atoms with Gasteiger partial charge in [0.1, 0.15) is 16.5 Å². The van der Waals surface area contributed by atoms with E-state index in [1.807, 2.05) is 13.8 Å². The quantitative estimate of drug-likeness (QED) is 0.809. The van der Waals surface area contributed by atoms with Gasteiger partial charge in [0.05, 0.1) is 5.56 Å². The second-order valence-corrected chi connectivity index (χ2v) is 7.10. The second kappa shape index (κ2) is 7.17. The van der Waals surface area contributed by atoms with Crippen LogP contribution in [0, 0.1) is 11.6 Å². The number of halogens is 3. The van der Waals surface area contributed by atoms with Gasteiger partial charge in [-0.15, -0.1) is 0 Å². The molecule has 1 amide bonds. The maximum Gasteiger partial charge on any atom is 0.264 e. The van der Waals surface area contributed by atoms with Crippen LogP contribution in [0.2, 0.25) is 0 Å².